The van der Waals surface area contributed by atoms with Gasteiger partial charge in [0.2, 0.25) is 5.91 Å². The number of anilines is 1. The van der Waals surface area contributed by atoms with Crippen molar-refractivity contribution in [1.82, 2.24) is 15.5 Å². The lowest BCUT2D eigenvalue weighted by Crippen LogP contribution is -2.47. The summed E-state index contributed by atoms with van der Waals surface area (Å²) in [4.78, 5) is 18.6. The van der Waals surface area contributed by atoms with E-state index in [9.17, 15) is 13.6 Å². The molecule has 1 amide bonds. The maximum absolute atomic E-state index is 13.4. The fourth-order valence-corrected chi connectivity index (χ4v) is 3.38. The van der Waals surface area contributed by atoms with Gasteiger partial charge in [0.15, 0.2) is 5.96 Å². The first-order chi connectivity index (χ1) is 15.0. The highest BCUT2D eigenvalue weighted by Gasteiger charge is 2.23. The zero-order valence-corrected chi connectivity index (χ0v) is 17.4. The molecule has 1 unspecified atom stereocenters. The van der Waals surface area contributed by atoms with Crippen LogP contribution in [0.15, 0.2) is 53.5 Å². The number of benzene rings is 2. The van der Waals surface area contributed by atoms with Crippen LogP contribution < -0.4 is 16.0 Å². The number of carbonyl (C=O) groups is 1. The van der Waals surface area contributed by atoms with Crippen LogP contribution in [0, 0.1) is 11.6 Å². The average Bonchev–Trinajstić information content (AvgIpc) is 2.78. The Morgan fingerprint density at radius 3 is 2.52 bits per heavy atom. The Morgan fingerprint density at radius 2 is 1.84 bits per heavy atom. The number of ether oxygens (including phenoxy) is 1. The minimum absolute atomic E-state index is 0.0100. The van der Waals surface area contributed by atoms with Crippen LogP contribution in [-0.4, -0.2) is 63.2 Å². The Balaban J connectivity index is 1.56. The van der Waals surface area contributed by atoms with E-state index in [1.807, 2.05) is 0 Å². The van der Waals surface area contributed by atoms with Gasteiger partial charge in [-0.3, -0.25) is 14.7 Å². The number of hydrogen-bond acceptors (Lipinski definition) is 4. The Labute approximate surface area is 180 Å². The molecule has 0 aromatic heterocycles. The molecule has 0 saturated carbocycles. The quantitative estimate of drug-likeness (QED) is 0.463. The molecule has 166 valence electrons. The third-order valence-electron chi connectivity index (χ3n) is 4.95. The van der Waals surface area contributed by atoms with Gasteiger partial charge in [-0.15, -0.1) is 0 Å². The first kappa shape index (κ1) is 22.6. The highest BCUT2D eigenvalue weighted by Crippen LogP contribution is 2.21. The molecule has 2 aromatic rings. The van der Waals surface area contributed by atoms with Gasteiger partial charge in [0, 0.05) is 32.4 Å². The molecule has 31 heavy (non-hydrogen) atoms. The maximum atomic E-state index is 13.4. The topological polar surface area (TPSA) is 78.0 Å². The average molecular weight is 431 g/mol. The van der Waals surface area contributed by atoms with Crippen LogP contribution in [-0.2, 0) is 9.53 Å². The maximum Gasteiger partial charge on any atom is 0.243 e. The van der Waals surface area contributed by atoms with E-state index < -0.39 is 5.82 Å². The molecule has 3 rings (SSSR count). The lowest BCUT2D eigenvalue weighted by atomic mass is 10.0. The summed E-state index contributed by atoms with van der Waals surface area (Å²) in [7, 11) is 1.61. The van der Waals surface area contributed by atoms with Gasteiger partial charge in [0.05, 0.1) is 25.8 Å². The van der Waals surface area contributed by atoms with Crippen molar-refractivity contribution in [2.45, 2.75) is 6.04 Å². The Bertz CT molecular complexity index is 886. The second-order valence-corrected chi connectivity index (χ2v) is 7.08. The summed E-state index contributed by atoms with van der Waals surface area (Å²) in [5.41, 5.74) is 1.37. The highest BCUT2D eigenvalue weighted by atomic mass is 19.1. The lowest BCUT2D eigenvalue weighted by molar-refractivity contribution is -0.115. The van der Waals surface area contributed by atoms with Gasteiger partial charge in [-0.2, -0.15) is 0 Å². The van der Waals surface area contributed by atoms with Gasteiger partial charge in [0.25, 0.3) is 0 Å². The van der Waals surface area contributed by atoms with Crippen molar-refractivity contribution in [3.05, 3.63) is 65.7 Å². The molecule has 0 spiro atoms. The van der Waals surface area contributed by atoms with Crippen LogP contribution in [0.1, 0.15) is 11.6 Å². The van der Waals surface area contributed by atoms with E-state index >= 15 is 0 Å². The summed E-state index contributed by atoms with van der Waals surface area (Å²) in [6.07, 6.45) is 0. The van der Waals surface area contributed by atoms with E-state index in [1.54, 1.807) is 25.2 Å². The zero-order valence-electron chi connectivity index (χ0n) is 17.4. The van der Waals surface area contributed by atoms with Crippen LogP contribution in [0.2, 0.25) is 0 Å². The van der Waals surface area contributed by atoms with Crippen molar-refractivity contribution < 1.29 is 18.3 Å². The molecule has 0 bridgehead atoms. The van der Waals surface area contributed by atoms with E-state index in [1.165, 1.54) is 30.3 Å². The van der Waals surface area contributed by atoms with E-state index in [0.29, 0.717) is 31.4 Å². The number of guanidine groups is 1. The number of carbonyl (C=O) groups excluding carboxylic acids is 1. The Kier molecular flexibility index (Phi) is 8.31. The highest BCUT2D eigenvalue weighted by molar-refractivity contribution is 5.94. The molecule has 9 heteroatoms. The number of morpholine rings is 1. The number of aliphatic imine (C=N–C) groups is 1. The molecular formula is C22H27F2N5O2. The standard InChI is InChI=1S/C22H27F2N5O2/c1-25-22(27-15-21(30)28-19-4-2-3-18(24)13-19)26-14-20(29-9-11-31-12-10-29)16-5-7-17(23)8-6-16/h2-8,13,20H,9-12,14-15H2,1H3,(H,28,30)(H2,25,26,27). The van der Waals surface area contributed by atoms with Crippen LogP contribution in [0.3, 0.4) is 0 Å². The van der Waals surface area contributed by atoms with Gasteiger partial charge in [-0.1, -0.05) is 18.2 Å². The van der Waals surface area contributed by atoms with Crippen LogP contribution in [0.25, 0.3) is 0 Å². The summed E-state index contributed by atoms with van der Waals surface area (Å²) >= 11 is 0. The van der Waals surface area contributed by atoms with Crippen molar-refractivity contribution in [3.8, 4) is 0 Å². The minimum atomic E-state index is -0.418. The van der Waals surface area contributed by atoms with Crippen molar-refractivity contribution >= 4 is 17.6 Å². The molecule has 2 aromatic carbocycles. The van der Waals surface area contributed by atoms with Gasteiger partial charge in [-0.05, 0) is 35.9 Å². The third-order valence-corrected chi connectivity index (χ3v) is 4.95. The smallest absolute Gasteiger partial charge is 0.243 e. The number of rotatable bonds is 7. The number of nitrogens with one attached hydrogen (secondary N) is 3. The Hall–Kier alpha value is -3.04. The fraction of sp³-hybridized carbons (Fsp3) is 0.364. The summed E-state index contributed by atoms with van der Waals surface area (Å²) < 4.78 is 32.1. The first-order valence-corrected chi connectivity index (χ1v) is 10.1. The molecular weight excluding hydrogens is 404 g/mol. The summed E-state index contributed by atoms with van der Waals surface area (Å²) in [6.45, 7) is 3.30. The van der Waals surface area contributed by atoms with E-state index in [2.05, 4.69) is 25.8 Å². The van der Waals surface area contributed by atoms with Crippen molar-refractivity contribution in [2.75, 3.05) is 51.8 Å². The molecule has 1 aliphatic heterocycles. The number of amides is 1. The van der Waals surface area contributed by atoms with Crippen molar-refractivity contribution in [1.29, 1.82) is 0 Å². The molecule has 7 nitrogen and oxygen atoms in total. The second-order valence-electron chi connectivity index (χ2n) is 7.08. The van der Waals surface area contributed by atoms with Crippen molar-refractivity contribution in [3.63, 3.8) is 0 Å². The lowest BCUT2D eigenvalue weighted by Gasteiger charge is -2.35. The first-order valence-electron chi connectivity index (χ1n) is 10.1. The molecule has 3 N–H and O–H groups in total. The predicted molar refractivity (Wildman–Crippen MR) is 116 cm³/mol. The zero-order chi connectivity index (χ0) is 22.1. The van der Waals surface area contributed by atoms with Crippen LogP contribution in [0.4, 0.5) is 14.5 Å². The summed E-state index contributed by atoms with van der Waals surface area (Å²) in [5.74, 6) is -0.566. The molecule has 1 aliphatic rings. The number of halogens is 2. The van der Waals surface area contributed by atoms with Gasteiger partial charge < -0.3 is 20.7 Å². The Morgan fingerprint density at radius 1 is 1.10 bits per heavy atom. The largest absolute Gasteiger partial charge is 0.379 e. The molecule has 1 atom stereocenters. The monoisotopic (exact) mass is 431 g/mol. The fourth-order valence-electron chi connectivity index (χ4n) is 3.38. The molecule has 0 aliphatic carbocycles. The second kappa shape index (κ2) is 11.4. The molecule has 1 saturated heterocycles. The predicted octanol–water partition coefficient (Wildman–Crippen LogP) is 2.14. The van der Waals surface area contributed by atoms with E-state index in [0.717, 1.165) is 18.7 Å². The van der Waals surface area contributed by atoms with E-state index in [4.69, 9.17) is 4.74 Å². The summed E-state index contributed by atoms with van der Waals surface area (Å²) in [6, 6.07) is 12.2. The summed E-state index contributed by atoms with van der Waals surface area (Å²) in [5, 5.41) is 8.81. The minimum Gasteiger partial charge on any atom is -0.379 e. The number of hydrogen-bond donors (Lipinski definition) is 3. The van der Waals surface area contributed by atoms with Crippen molar-refractivity contribution in [2.24, 2.45) is 4.99 Å². The van der Waals surface area contributed by atoms with Gasteiger partial charge in [-0.25, -0.2) is 8.78 Å². The van der Waals surface area contributed by atoms with Crippen LogP contribution in [0.5, 0.6) is 0 Å². The van der Waals surface area contributed by atoms with Gasteiger partial charge >= 0.3 is 0 Å². The van der Waals surface area contributed by atoms with E-state index in [-0.39, 0.29) is 24.3 Å². The third kappa shape index (κ3) is 7.01. The molecule has 1 fully saturated rings. The SMILES string of the molecule is CN=C(NCC(=O)Nc1cccc(F)c1)NCC(c1ccc(F)cc1)N1CCOCC1. The molecule has 1 heterocycles. The molecule has 0 radical (unpaired) electrons. The van der Waals surface area contributed by atoms with Gasteiger partial charge in [0.1, 0.15) is 11.6 Å². The normalized spacial score (nSPS) is 15.9. The van der Waals surface area contributed by atoms with Crippen LogP contribution >= 0.6 is 0 Å². The number of nitrogens with zero attached hydrogens (tertiary/aromatic N) is 2.